The Morgan fingerprint density at radius 2 is 1.96 bits per heavy atom. The molecule has 0 unspecified atom stereocenters. The molecular weight excluding hydrogens is 348 g/mol. The summed E-state index contributed by atoms with van der Waals surface area (Å²) in [6.07, 6.45) is 1.90. The Labute approximate surface area is 159 Å². The van der Waals surface area contributed by atoms with Gasteiger partial charge in [0, 0.05) is 44.7 Å². The van der Waals surface area contributed by atoms with Crippen molar-refractivity contribution in [3.8, 4) is 0 Å². The molecule has 3 aliphatic rings. The number of piperidine rings is 1. The van der Waals surface area contributed by atoms with Crippen molar-refractivity contribution in [3.05, 3.63) is 17.0 Å². The van der Waals surface area contributed by atoms with Crippen LogP contribution in [0.2, 0.25) is 0 Å². The van der Waals surface area contributed by atoms with Crippen LogP contribution in [0, 0.1) is 0 Å². The first-order chi connectivity index (χ1) is 13.0. The Kier molecular flexibility index (Phi) is 5.24. The highest BCUT2D eigenvalue weighted by Crippen LogP contribution is 2.31. The van der Waals surface area contributed by atoms with Crippen molar-refractivity contribution in [2.75, 3.05) is 45.9 Å². The number of nitrogens with one attached hydrogen (secondary N) is 1. The minimum absolute atomic E-state index is 0.0396. The Balaban J connectivity index is 1.39. The lowest BCUT2D eigenvalue weighted by Crippen LogP contribution is -2.53. The monoisotopic (exact) mass is 378 g/mol. The number of H-pyrrole nitrogens is 1. The van der Waals surface area contributed by atoms with Crippen molar-refractivity contribution < 1.29 is 19.4 Å². The first kappa shape index (κ1) is 18.9. The number of carbonyl (C=O) groups excluding carboxylic acids is 1. The molecule has 2 N–H and O–H groups in total. The summed E-state index contributed by atoms with van der Waals surface area (Å²) in [5.74, 6) is -0.0396. The van der Waals surface area contributed by atoms with Gasteiger partial charge in [-0.1, -0.05) is 0 Å². The highest BCUT2D eigenvalue weighted by Gasteiger charge is 2.38. The number of hydrogen-bond donors (Lipinski definition) is 2. The Hall–Kier alpha value is -1.48. The molecule has 0 aliphatic carbocycles. The first-order valence-corrected chi connectivity index (χ1v) is 9.99. The Morgan fingerprint density at radius 1 is 1.26 bits per heavy atom. The van der Waals surface area contributed by atoms with Crippen molar-refractivity contribution in [2.45, 2.75) is 50.9 Å². The van der Waals surface area contributed by atoms with Gasteiger partial charge in [0.2, 0.25) is 0 Å². The molecule has 0 saturated carbocycles. The van der Waals surface area contributed by atoms with E-state index < -0.39 is 5.60 Å². The quantitative estimate of drug-likeness (QED) is 0.806. The van der Waals surface area contributed by atoms with E-state index in [0.717, 1.165) is 37.6 Å². The molecule has 3 aliphatic heterocycles. The Bertz CT molecular complexity index is 677. The molecule has 2 fully saturated rings. The van der Waals surface area contributed by atoms with Gasteiger partial charge in [-0.3, -0.25) is 14.8 Å². The molecule has 2 saturated heterocycles. The fourth-order valence-corrected chi connectivity index (χ4v) is 4.46. The molecule has 1 aromatic rings. The fraction of sp³-hybridized carbons (Fsp3) is 0.789. The average Bonchev–Trinajstić information content (AvgIpc) is 3.06. The van der Waals surface area contributed by atoms with Gasteiger partial charge in [-0.25, -0.2) is 0 Å². The summed E-state index contributed by atoms with van der Waals surface area (Å²) in [4.78, 5) is 17.1. The van der Waals surface area contributed by atoms with E-state index in [0.29, 0.717) is 44.6 Å². The molecular formula is C19H30N4O4. The molecule has 4 rings (SSSR count). The predicted octanol–water partition coefficient (Wildman–Crippen LogP) is 0.731. The zero-order valence-electron chi connectivity index (χ0n) is 16.2. The SMILES string of the molecule is C[C@@H]1Cc2c(C(=O)N3CCC(O)(CN4CCOCC4)CC3)n[nH]c2[C@H](C)O1. The van der Waals surface area contributed by atoms with E-state index in [1.165, 1.54) is 0 Å². The largest absolute Gasteiger partial charge is 0.388 e. The van der Waals surface area contributed by atoms with Gasteiger partial charge in [0.05, 0.1) is 36.7 Å². The number of fused-ring (bicyclic) bond motifs is 1. The number of aromatic amines is 1. The molecule has 0 aromatic carbocycles. The molecule has 1 aromatic heterocycles. The predicted molar refractivity (Wildman–Crippen MR) is 98.6 cm³/mol. The van der Waals surface area contributed by atoms with Crippen LogP contribution in [0.15, 0.2) is 0 Å². The average molecular weight is 378 g/mol. The van der Waals surface area contributed by atoms with Crippen molar-refractivity contribution in [3.63, 3.8) is 0 Å². The van der Waals surface area contributed by atoms with Crippen LogP contribution in [0.4, 0.5) is 0 Å². The zero-order valence-corrected chi connectivity index (χ0v) is 16.2. The Morgan fingerprint density at radius 3 is 2.67 bits per heavy atom. The van der Waals surface area contributed by atoms with Gasteiger partial charge < -0.3 is 19.5 Å². The van der Waals surface area contributed by atoms with Crippen molar-refractivity contribution >= 4 is 5.91 Å². The second-order valence-electron chi connectivity index (χ2n) is 8.16. The van der Waals surface area contributed by atoms with Gasteiger partial charge in [0.1, 0.15) is 0 Å². The maximum atomic E-state index is 13.0. The molecule has 0 radical (unpaired) electrons. The van der Waals surface area contributed by atoms with Gasteiger partial charge >= 0.3 is 0 Å². The van der Waals surface area contributed by atoms with Crippen LogP contribution in [0.3, 0.4) is 0 Å². The number of morpholine rings is 1. The molecule has 8 heteroatoms. The van der Waals surface area contributed by atoms with Gasteiger partial charge in [0.15, 0.2) is 5.69 Å². The normalized spacial score (nSPS) is 28.8. The summed E-state index contributed by atoms with van der Waals surface area (Å²) in [5, 5.41) is 18.3. The molecule has 150 valence electrons. The topological polar surface area (TPSA) is 90.9 Å². The number of aliphatic hydroxyl groups is 1. The zero-order chi connectivity index (χ0) is 19.0. The molecule has 4 heterocycles. The number of likely N-dealkylation sites (tertiary alicyclic amines) is 1. The van der Waals surface area contributed by atoms with Crippen LogP contribution in [-0.2, 0) is 15.9 Å². The highest BCUT2D eigenvalue weighted by molar-refractivity contribution is 5.94. The standard InChI is InChI=1S/C19H30N4O4/c1-13-11-15-16(14(2)27-13)20-21-17(15)18(24)23-5-3-19(25,4-6-23)12-22-7-9-26-10-8-22/h13-14,25H,3-12H2,1-2H3,(H,20,21)/t13-,14+/m1/s1. The molecule has 0 bridgehead atoms. The van der Waals surface area contributed by atoms with Gasteiger partial charge in [0.25, 0.3) is 5.91 Å². The van der Waals surface area contributed by atoms with E-state index >= 15 is 0 Å². The molecule has 27 heavy (non-hydrogen) atoms. The summed E-state index contributed by atoms with van der Waals surface area (Å²) in [6.45, 7) is 8.96. The maximum absolute atomic E-state index is 13.0. The summed E-state index contributed by atoms with van der Waals surface area (Å²) in [5.41, 5.74) is 1.69. The fourth-order valence-electron chi connectivity index (χ4n) is 4.46. The van der Waals surface area contributed by atoms with E-state index in [-0.39, 0.29) is 18.1 Å². The lowest BCUT2D eigenvalue weighted by Gasteiger charge is -2.41. The smallest absolute Gasteiger partial charge is 0.274 e. The number of nitrogens with zero attached hydrogens (tertiary/aromatic N) is 3. The third kappa shape index (κ3) is 3.89. The van der Waals surface area contributed by atoms with Gasteiger partial charge in [-0.15, -0.1) is 0 Å². The molecule has 1 amide bonds. The van der Waals surface area contributed by atoms with Crippen LogP contribution in [-0.4, -0.2) is 88.7 Å². The van der Waals surface area contributed by atoms with E-state index in [1.807, 2.05) is 18.7 Å². The minimum Gasteiger partial charge on any atom is -0.388 e. The summed E-state index contributed by atoms with van der Waals surface area (Å²) >= 11 is 0. The van der Waals surface area contributed by atoms with Crippen LogP contribution in [0.5, 0.6) is 0 Å². The van der Waals surface area contributed by atoms with Crippen LogP contribution < -0.4 is 0 Å². The van der Waals surface area contributed by atoms with E-state index in [9.17, 15) is 9.90 Å². The molecule has 2 atom stereocenters. The second kappa shape index (κ2) is 7.50. The van der Waals surface area contributed by atoms with Crippen molar-refractivity contribution in [2.24, 2.45) is 0 Å². The summed E-state index contributed by atoms with van der Waals surface area (Å²) < 4.78 is 11.2. The number of β-amino-alcohol motifs (C(OH)–C–C–N with tert-alkyl or cyclic N) is 1. The lowest BCUT2D eigenvalue weighted by atomic mass is 9.90. The van der Waals surface area contributed by atoms with Crippen molar-refractivity contribution in [1.29, 1.82) is 0 Å². The number of rotatable bonds is 3. The van der Waals surface area contributed by atoms with Crippen LogP contribution in [0.25, 0.3) is 0 Å². The third-order valence-electron chi connectivity index (χ3n) is 6.04. The van der Waals surface area contributed by atoms with E-state index in [1.54, 1.807) is 0 Å². The second-order valence-corrected chi connectivity index (χ2v) is 8.16. The van der Waals surface area contributed by atoms with E-state index in [2.05, 4.69) is 15.1 Å². The van der Waals surface area contributed by atoms with Gasteiger partial charge in [-0.05, 0) is 26.7 Å². The lowest BCUT2D eigenvalue weighted by molar-refractivity contribution is -0.0599. The minimum atomic E-state index is -0.726. The van der Waals surface area contributed by atoms with Gasteiger partial charge in [-0.2, -0.15) is 5.10 Å². The number of amides is 1. The third-order valence-corrected chi connectivity index (χ3v) is 6.04. The molecule has 8 nitrogen and oxygen atoms in total. The van der Waals surface area contributed by atoms with Crippen molar-refractivity contribution in [1.82, 2.24) is 20.0 Å². The van der Waals surface area contributed by atoms with Crippen LogP contribution in [0.1, 0.15) is 54.5 Å². The highest BCUT2D eigenvalue weighted by atomic mass is 16.5. The van der Waals surface area contributed by atoms with Crippen LogP contribution >= 0.6 is 0 Å². The number of ether oxygens (including phenoxy) is 2. The first-order valence-electron chi connectivity index (χ1n) is 9.99. The summed E-state index contributed by atoms with van der Waals surface area (Å²) in [7, 11) is 0. The maximum Gasteiger partial charge on any atom is 0.274 e. The summed E-state index contributed by atoms with van der Waals surface area (Å²) in [6, 6.07) is 0. The molecule has 0 spiro atoms. The van der Waals surface area contributed by atoms with E-state index in [4.69, 9.17) is 9.47 Å². The number of aromatic nitrogens is 2. The number of hydrogen-bond acceptors (Lipinski definition) is 6. The number of carbonyl (C=O) groups is 1.